The van der Waals surface area contributed by atoms with E-state index in [1.54, 1.807) is 0 Å². The minimum atomic E-state index is 0.209. The number of rotatable bonds is 4. The standard InChI is InChI=1S/C13H26N2/c1-5-6-12(14)13(15(3)4)9-7-11(2)8-10-13/h5,11-12H,1,6-10,14H2,2-4H3. The van der Waals surface area contributed by atoms with Gasteiger partial charge >= 0.3 is 0 Å². The summed E-state index contributed by atoms with van der Waals surface area (Å²) in [5.41, 5.74) is 6.54. The van der Waals surface area contributed by atoms with Gasteiger partial charge in [-0.15, -0.1) is 6.58 Å². The molecule has 2 nitrogen and oxygen atoms in total. The second-order valence-corrected chi connectivity index (χ2v) is 5.31. The summed E-state index contributed by atoms with van der Waals surface area (Å²) in [4.78, 5) is 2.34. The van der Waals surface area contributed by atoms with Crippen molar-refractivity contribution in [1.82, 2.24) is 4.90 Å². The van der Waals surface area contributed by atoms with Crippen LogP contribution in [0.2, 0.25) is 0 Å². The van der Waals surface area contributed by atoms with Crippen LogP contribution < -0.4 is 5.73 Å². The molecule has 1 saturated carbocycles. The number of hydrogen-bond donors (Lipinski definition) is 1. The second kappa shape index (κ2) is 5.13. The number of nitrogens with zero attached hydrogens (tertiary/aromatic N) is 1. The summed E-state index contributed by atoms with van der Waals surface area (Å²) < 4.78 is 0. The van der Waals surface area contributed by atoms with Crippen molar-refractivity contribution in [2.24, 2.45) is 11.7 Å². The third-order valence-corrected chi connectivity index (χ3v) is 4.14. The van der Waals surface area contributed by atoms with Crippen LogP contribution >= 0.6 is 0 Å². The van der Waals surface area contributed by atoms with Gasteiger partial charge in [0.2, 0.25) is 0 Å². The molecule has 1 fully saturated rings. The zero-order valence-electron chi connectivity index (χ0n) is 10.5. The molecule has 1 rings (SSSR count). The summed E-state index contributed by atoms with van der Waals surface area (Å²) in [6.07, 6.45) is 7.96. The Bertz CT molecular complexity index is 203. The Balaban J connectivity index is 2.74. The van der Waals surface area contributed by atoms with Crippen LogP contribution in [0.4, 0.5) is 0 Å². The fraction of sp³-hybridized carbons (Fsp3) is 0.846. The molecule has 2 heteroatoms. The second-order valence-electron chi connectivity index (χ2n) is 5.31. The van der Waals surface area contributed by atoms with Gasteiger partial charge in [-0.3, -0.25) is 0 Å². The quantitative estimate of drug-likeness (QED) is 0.722. The molecule has 1 atom stereocenters. The van der Waals surface area contributed by atoms with Crippen molar-refractivity contribution in [3.8, 4) is 0 Å². The van der Waals surface area contributed by atoms with Crippen molar-refractivity contribution in [1.29, 1.82) is 0 Å². The predicted molar refractivity (Wildman–Crippen MR) is 66.8 cm³/mol. The third-order valence-electron chi connectivity index (χ3n) is 4.14. The molecule has 0 heterocycles. The minimum Gasteiger partial charge on any atom is -0.326 e. The normalized spacial score (nSPS) is 34.1. The average Bonchev–Trinajstić information content (AvgIpc) is 2.19. The maximum absolute atomic E-state index is 6.33. The molecule has 0 bridgehead atoms. The van der Waals surface area contributed by atoms with E-state index in [-0.39, 0.29) is 11.6 Å². The van der Waals surface area contributed by atoms with Gasteiger partial charge in [-0.05, 0) is 52.1 Å². The first kappa shape index (κ1) is 12.7. The molecule has 1 aliphatic rings. The van der Waals surface area contributed by atoms with E-state index in [0.717, 1.165) is 12.3 Å². The van der Waals surface area contributed by atoms with Crippen molar-refractivity contribution >= 4 is 0 Å². The number of nitrogens with two attached hydrogens (primary N) is 1. The highest BCUT2D eigenvalue weighted by molar-refractivity contribution is 5.01. The molecular formula is C13H26N2. The zero-order chi connectivity index (χ0) is 11.5. The largest absolute Gasteiger partial charge is 0.326 e. The Morgan fingerprint density at radius 1 is 1.47 bits per heavy atom. The molecule has 0 aromatic carbocycles. The Morgan fingerprint density at radius 2 is 2.00 bits per heavy atom. The summed E-state index contributed by atoms with van der Waals surface area (Å²) in [6, 6.07) is 0.234. The highest BCUT2D eigenvalue weighted by Gasteiger charge is 2.40. The highest BCUT2D eigenvalue weighted by Crippen LogP contribution is 2.37. The summed E-state index contributed by atoms with van der Waals surface area (Å²) in [5, 5.41) is 0. The summed E-state index contributed by atoms with van der Waals surface area (Å²) in [6.45, 7) is 6.15. The first-order valence-electron chi connectivity index (χ1n) is 6.07. The van der Waals surface area contributed by atoms with Crippen molar-refractivity contribution in [3.63, 3.8) is 0 Å². The molecule has 2 N–H and O–H groups in total. The topological polar surface area (TPSA) is 29.3 Å². The Labute approximate surface area is 94.5 Å². The van der Waals surface area contributed by atoms with Gasteiger partial charge in [0.15, 0.2) is 0 Å². The maximum atomic E-state index is 6.33. The monoisotopic (exact) mass is 210 g/mol. The van der Waals surface area contributed by atoms with E-state index in [4.69, 9.17) is 5.73 Å². The molecule has 15 heavy (non-hydrogen) atoms. The molecule has 0 amide bonds. The summed E-state index contributed by atoms with van der Waals surface area (Å²) >= 11 is 0. The lowest BCUT2D eigenvalue weighted by Crippen LogP contribution is -2.58. The third kappa shape index (κ3) is 2.61. The SMILES string of the molecule is C=CCC(N)C1(N(C)C)CCC(C)CC1. The maximum Gasteiger partial charge on any atom is 0.0357 e. The van der Waals surface area contributed by atoms with E-state index in [9.17, 15) is 0 Å². The van der Waals surface area contributed by atoms with E-state index in [1.165, 1.54) is 25.7 Å². The summed E-state index contributed by atoms with van der Waals surface area (Å²) in [7, 11) is 4.33. The van der Waals surface area contributed by atoms with Crippen LogP contribution in [0.1, 0.15) is 39.0 Å². The zero-order valence-corrected chi connectivity index (χ0v) is 10.5. The van der Waals surface area contributed by atoms with E-state index in [1.807, 2.05) is 6.08 Å². The van der Waals surface area contributed by atoms with Crippen LogP contribution in [-0.4, -0.2) is 30.6 Å². The number of likely N-dealkylation sites (N-methyl/N-ethyl adjacent to an activating group) is 1. The van der Waals surface area contributed by atoms with Crippen LogP contribution in [0, 0.1) is 5.92 Å². The molecule has 1 aliphatic carbocycles. The van der Waals surface area contributed by atoms with Gasteiger partial charge in [-0.1, -0.05) is 13.0 Å². The van der Waals surface area contributed by atoms with Gasteiger partial charge < -0.3 is 10.6 Å². The van der Waals surface area contributed by atoms with Crippen LogP contribution in [0.25, 0.3) is 0 Å². The van der Waals surface area contributed by atoms with Crippen LogP contribution in [-0.2, 0) is 0 Å². The van der Waals surface area contributed by atoms with Gasteiger partial charge in [0.25, 0.3) is 0 Å². The molecular weight excluding hydrogens is 184 g/mol. The average molecular weight is 210 g/mol. The van der Waals surface area contributed by atoms with Crippen molar-refractivity contribution in [3.05, 3.63) is 12.7 Å². The predicted octanol–water partition coefficient (Wildman–Crippen LogP) is 2.40. The van der Waals surface area contributed by atoms with Crippen LogP contribution in [0.5, 0.6) is 0 Å². The van der Waals surface area contributed by atoms with E-state index in [2.05, 4.69) is 32.5 Å². The lowest BCUT2D eigenvalue weighted by Gasteiger charge is -2.48. The Hall–Kier alpha value is -0.340. The highest BCUT2D eigenvalue weighted by atomic mass is 15.2. The van der Waals surface area contributed by atoms with Crippen molar-refractivity contribution in [2.75, 3.05) is 14.1 Å². The van der Waals surface area contributed by atoms with E-state index in [0.29, 0.717) is 0 Å². The molecule has 0 saturated heterocycles. The lowest BCUT2D eigenvalue weighted by atomic mass is 9.71. The van der Waals surface area contributed by atoms with Gasteiger partial charge in [0.1, 0.15) is 0 Å². The van der Waals surface area contributed by atoms with Gasteiger partial charge in [0.05, 0.1) is 0 Å². The Morgan fingerprint density at radius 3 is 2.40 bits per heavy atom. The number of hydrogen-bond acceptors (Lipinski definition) is 2. The van der Waals surface area contributed by atoms with Gasteiger partial charge in [-0.2, -0.15) is 0 Å². The molecule has 0 radical (unpaired) electrons. The molecule has 88 valence electrons. The minimum absolute atomic E-state index is 0.209. The van der Waals surface area contributed by atoms with Gasteiger partial charge in [0, 0.05) is 11.6 Å². The van der Waals surface area contributed by atoms with E-state index >= 15 is 0 Å². The molecule has 1 unspecified atom stereocenters. The first-order chi connectivity index (χ1) is 7.03. The van der Waals surface area contributed by atoms with Gasteiger partial charge in [-0.25, -0.2) is 0 Å². The van der Waals surface area contributed by atoms with Crippen LogP contribution in [0.3, 0.4) is 0 Å². The molecule has 0 aliphatic heterocycles. The fourth-order valence-electron chi connectivity index (χ4n) is 2.81. The Kier molecular flexibility index (Phi) is 4.35. The van der Waals surface area contributed by atoms with Crippen molar-refractivity contribution < 1.29 is 0 Å². The smallest absolute Gasteiger partial charge is 0.0357 e. The summed E-state index contributed by atoms with van der Waals surface area (Å²) in [5.74, 6) is 0.869. The lowest BCUT2D eigenvalue weighted by molar-refractivity contribution is 0.0577. The molecule has 0 spiro atoms. The molecule has 0 aromatic heterocycles. The molecule has 0 aromatic rings. The van der Waals surface area contributed by atoms with Crippen molar-refractivity contribution in [2.45, 2.75) is 50.6 Å². The fourth-order valence-corrected chi connectivity index (χ4v) is 2.81. The van der Waals surface area contributed by atoms with E-state index < -0.39 is 0 Å². The first-order valence-corrected chi connectivity index (χ1v) is 6.07. The van der Waals surface area contributed by atoms with Crippen LogP contribution in [0.15, 0.2) is 12.7 Å².